The van der Waals surface area contributed by atoms with Crippen LogP contribution in [0.2, 0.25) is 0 Å². The highest BCUT2D eigenvalue weighted by molar-refractivity contribution is 5.49. The molecular formula is C18H20F11NO. The summed E-state index contributed by atoms with van der Waals surface area (Å²) in [6.45, 7) is 4.43. The summed E-state index contributed by atoms with van der Waals surface area (Å²) in [6, 6.07) is 5.24. The number of nitrogens with zero attached hydrogens (tertiary/aromatic N) is 1. The standard InChI is InChI=1S/C18H20F11NO/c1-4-30(5-2)12-8-6-7-11(9-12)13(31-3)10-14(19,20)15(21,22)16(23,24)17(25,26)18(27,28)29/h6-9,13H,4-5,10H2,1-3H3. The van der Waals surface area contributed by atoms with Crippen molar-refractivity contribution in [3.63, 3.8) is 0 Å². The average Bonchev–Trinajstić information content (AvgIpc) is 2.66. The molecule has 0 bridgehead atoms. The molecule has 1 aromatic rings. The van der Waals surface area contributed by atoms with E-state index in [-0.39, 0.29) is 5.56 Å². The van der Waals surface area contributed by atoms with E-state index in [2.05, 4.69) is 4.74 Å². The lowest BCUT2D eigenvalue weighted by molar-refractivity contribution is -0.423. The summed E-state index contributed by atoms with van der Waals surface area (Å²) in [5, 5.41) is 0. The van der Waals surface area contributed by atoms with Gasteiger partial charge in [-0.25, -0.2) is 0 Å². The largest absolute Gasteiger partial charge is 0.460 e. The van der Waals surface area contributed by atoms with Crippen molar-refractivity contribution in [3.8, 4) is 0 Å². The molecule has 0 fully saturated rings. The molecule has 180 valence electrons. The molecule has 1 unspecified atom stereocenters. The highest BCUT2D eigenvalue weighted by Crippen LogP contribution is 2.58. The Labute approximate surface area is 171 Å². The molecule has 0 aliphatic rings. The lowest BCUT2D eigenvalue weighted by Crippen LogP contribution is -2.66. The first-order chi connectivity index (χ1) is 13.9. The van der Waals surface area contributed by atoms with Crippen molar-refractivity contribution in [2.24, 2.45) is 0 Å². The van der Waals surface area contributed by atoms with Gasteiger partial charge in [0.05, 0.1) is 6.10 Å². The molecule has 1 atom stereocenters. The molecular weight excluding hydrogens is 455 g/mol. The first-order valence-corrected chi connectivity index (χ1v) is 8.86. The van der Waals surface area contributed by atoms with Crippen LogP contribution in [-0.4, -0.2) is 50.1 Å². The maximum Gasteiger partial charge on any atom is 0.460 e. The smallest absolute Gasteiger partial charge is 0.377 e. The zero-order valence-corrected chi connectivity index (χ0v) is 16.5. The van der Waals surface area contributed by atoms with Crippen LogP contribution in [0.1, 0.15) is 31.9 Å². The van der Waals surface area contributed by atoms with E-state index in [1.54, 1.807) is 18.7 Å². The summed E-state index contributed by atoms with van der Waals surface area (Å²) in [6.07, 6.45) is -11.5. The SMILES string of the molecule is CCN(CC)c1cccc(C(CC(F)(F)C(F)(F)C(F)(F)C(F)(F)C(F)(F)F)OC)c1. The third-order valence-corrected chi connectivity index (χ3v) is 4.70. The van der Waals surface area contributed by atoms with Crippen LogP contribution in [-0.2, 0) is 4.74 Å². The predicted molar refractivity (Wildman–Crippen MR) is 90.2 cm³/mol. The number of ether oxygens (including phenoxy) is 1. The summed E-state index contributed by atoms with van der Waals surface area (Å²) in [4.78, 5) is 1.72. The van der Waals surface area contributed by atoms with Crippen molar-refractivity contribution >= 4 is 5.69 Å². The van der Waals surface area contributed by atoms with Crippen LogP contribution in [0.3, 0.4) is 0 Å². The quantitative estimate of drug-likeness (QED) is 0.349. The van der Waals surface area contributed by atoms with Crippen LogP contribution in [0.4, 0.5) is 54.0 Å². The minimum Gasteiger partial charge on any atom is -0.377 e. The maximum absolute atomic E-state index is 14.1. The van der Waals surface area contributed by atoms with Crippen LogP contribution in [0, 0.1) is 0 Å². The van der Waals surface area contributed by atoms with Crippen molar-refractivity contribution in [2.45, 2.75) is 56.2 Å². The minimum atomic E-state index is -7.43. The molecule has 1 aromatic carbocycles. The van der Waals surface area contributed by atoms with Crippen molar-refractivity contribution in [2.75, 3.05) is 25.1 Å². The van der Waals surface area contributed by atoms with Crippen molar-refractivity contribution < 1.29 is 53.0 Å². The van der Waals surface area contributed by atoms with Crippen LogP contribution >= 0.6 is 0 Å². The molecule has 0 N–H and O–H groups in total. The van der Waals surface area contributed by atoms with Crippen molar-refractivity contribution in [1.82, 2.24) is 0 Å². The molecule has 0 aliphatic heterocycles. The Balaban J connectivity index is 3.33. The summed E-state index contributed by atoms with van der Waals surface area (Å²) < 4.78 is 150. The molecule has 13 heteroatoms. The first kappa shape index (κ1) is 27.2. The van der Waals surface area contributed by atoms with Crippen LogP contribution < -0.4 is 4.90 Å². The molecule has 0 heterocycles. The van der Waals surface area contributed by atoms with Crippen molar-refractivity contribution in [3.05, 3.63) is 29.8 Å². The van der Waals surface area contributed by atoms with Crippen molar-refractivity contribution in [1.29, 1.82) is 0 Å². The number of anilines is 1. The van der Waals surface area contributed by atoms with E-state index in [4.69, 9.17) is 0 Å². The monoisotopic (exact) mass is 475 g/mol. The van der Waals surface area contributed by atoms with Gasteiger partial charge in [0.1, 0.15) is 0 Å². The third-order valence-electron chi connectivity index (χ3n) is 4.70. The van der Waals surface area contributed by atoms with E-state index >= 15 is 0 Å². The molecule has 0 saturated heterocycles. The highest BCUT2D eigenvalue weighted by Gasteiger charge is 2.87. The summed E-state index contributed by atoms with van der Waals surface area (Å²) in [7, 11) is 0.769. The molecule has 1 rings (SSSR count). The Kier molecular flexibility index (Phi) is 7.90. The lowest BCUT2D eigenvalue weighted by Gasteiger charge is -2.38. The zero-order valence-electron chi connectivity index (χ0n) is 16.5. The van der Waals surface area contributed by atoms with Gasteiger partial charge in [-0.2, -0.15) is 48.3 Å². The number of hydrogen-bond acceptors (Lipinski definition) is 2. The van der Waals surface area contributed by atoms with E-state index < -0.39 is 42.4 Å². The summed E-state index contributed by atoms with van der Waals surface area (Å²) in [5.41, 5.74) is 0.252. The Morgan fingerprint density at radius 1 is 0.806 bits per heavy atom. The molecule has 0 amide bonds. The van der Waals surface area contributed by atoms with Gasteiger partial charge in [0.2, 0.25) is 0 Å². The van der Waals surface area contributed by atoms with Gasteiger partial charge in [-0.1, -0.05) is 12.1 Å². The molecule has 0 spiro atoms. The Bertz CT molecular complexity index is 729. The van der Waals surface area contributed by atoms with E-state index in [0.29, 0.717) is 18.8 Å². The topological polar surface area (TPSA) is 12.5 Å². The van der Waals surface area contributed by atoms with Gasteiger partial charge in [-0.05, 0) is 31.5 Å². The molecule has 31 heavy (non-hydrogen) atoms. The van der Waals surface area contributed by atoms with Gasteiger partial charge in [-0.3, -0.25) is 0 Å². The number of alkyl halides is 11. The second kappa shape index (κ2) is 8.99. The fourth-order valence-corrected chi connectivity index (χ4v) is 2.81. The van der Waals surface area contributed by atoms with Crippen LogP contribution in [0.25, 0.3) is 0 Å². The number of benzene rings is 1. The number of rotatable bonds is 10. The maximum atomic E-state index is 14.1. The number of hydrogen-bond donors (Lipinski definition) is 0. The molecule has 0 aliphatic carbocycles. The molecule has 0 saturated carbocycles. The second-order valence-electron chi connectivity index (χ2n) is 6.62. The number of halogens is 11. The van der Waals surface area contributed by atoms with Crippen LogP contribution in [0.15, 0.2) is 24.3 Å². The van der Waals surface area contributed by atoms with Gasteiger partial charge in [-0.15, -0.1) is 0 Å². The minimum absolute atomic E-state index is 0.187. The Hall–Kier alpha value is -1.79. The van der Waals surface area contributed by atoms with Gasteiger partial charge < -0.3 is 9.64 Å². The normalized spacial score (nSPS) is 15.2. The lowest BCUT2D eigenvalue weighted by atomic mass is 9.92. The van der Waals surface area contributed by atoms with Gasteiger partial charge in [0.15, 0.2) is 0 Å². The van der Waals surface area contributed by atoms with Gasteiger partial charge >= 0.3 is 29.9 Å². The Morgan fingerprint density at radius 3 is 1.74 bits per heavy atom. The predicted octanol–water partition coefficient (Wildman–Crippen LogP) is 6.71. The van der Waals surface area contributed by atoms with E-state index in [1.807, 2.05) is 0 Å². The van der Waals surface area contributed by atoms with Gasteiger partial charge in [0.25, 0.3) is 0 Å². The van der Waals surface area contributed by atoms with E-state index in [9.17, 15) is 48.3 Å². The molecule has 2 nitrogen and oxygen atoms in total. The summed E-state index contributed by atoms with van der Waals surface area (Å²) in [5.74, 6) is -27.9. The summed E-state index contributed by atoms with van der Waals surface area (Å²) >= 11 is 0. The molecule has 0 aromatic heterocycles. The first-order valence-electron chi connectivity index (χ1n) is 8.86. The second-order valence-corrected chi connectivity index (χ2v) is 6.62. The fourth-order valence-electron chi connectivity index (χ4n) is 2.81. The average molecular weight is 475 g/mol. The zero-order chi connectivity index (χ0) is 24.5. The van der Waals surface area contributed by atoms with E-state index in [1.165, 1.54) is 18.2 Å². The van der Waals surface area contributed by atoms with Gasteiger partial charge in [0, 0.05) is 32.3 Å². The van der Waals surface area contributed by atoms with E-state index in [0.717, 1.165) is 13.2 Å². The number of methoxy groups -OCH3 is 1. The Morgan fingerprint density at radius 2 is 1.32 bits per heavy atom. The third kappa shape index (κ3) is 4.85. The molecule has 0 radical (unpaired) electrons. The highest BCUT2D eigenvalue weighted by atomic mass is 19.4. The van der Waals surface area contributed by atoms with Crippen LogP contribution in [0.5, 0.6) is 0 Å². The fraction of sp³-hybridized carbons (Fsp3) is 0.667.